The Balaban J connectivity index is 1.24. The van der Waals surface area contributed by atoms with Crippen molar-refractivity contribution in [2.75, 3.05) is 55.3 Å². The molecular formula is C29H39N5S. The maximum absolute atomic E-state index is 5.14. The topological polar surface area (TPSA) is 25.3 Å². The summed E-state index contributed by atoms with van der Waals surface area (Å²) in [6.07, 6.45) is 7.76. The molecule has 0 radical (unpaired) electrons. The monoisotopic (exact) mass is 489 g/mol. The maximum atomic E-state index is 5.14. The Morgan fingerprint density at radius 3 is 1.80 bits per heavy atom. The number of hydrogen-bond donors (Lipinski definition) is 0. The molecule has 5 heterocycles. The van der Waals surface area contributed by atoms with Gasteiger partial charge in [0, 0.05) is 71.1 Å². The van der Waals surface area contributed by atoms with Crippen LogP contribution in [0.2, 0.25) is 0 Å². The lowest BCUT2D eigenvalue weighted by Gasteiger charge is -2.42. The Morgan fingerprint density at radius 1 is 0.743 bits per heavy atom. The highest BCUT2D eigenvalue weighted by atomic mass is 32.2. The number of likely N-dealkylation sites (tertiary alicyclic amines) is 2. The normalized spacial score (nSPS) is 31.9. The van der Waals surface area contributed by atoms with Crippen LogP contribution in [0.25, 0.3) is 0 Å². The van der Waals surface area contributed by atoms with Crippen molar-refractivity contribution in [1.29, 1.82) is 0 Å². The van der Waals surface area contributed by atoms with E-state index in [1.54, 1.807) is 0 Å². The fraction of sp³-hybridized carbons (Fsp3) is 0.586. The molecule has 4 bridgehead atoms. The van der Waals surface area contributed by atoms with Gasteiger partial charge in [-0.3, -0.25) is 9.80 Å². The molecular weight excluding hydrogens is 450 g/mol. The number of anilines is 2. The molecule has 2 aromatic carbocycles. The highest BCUT2D eigenvalue weighted by Gasteiger charge is 2.40. The van der Waals surface area contributed by atoms with Gasteiger partial charge in [0.05, 0.1) is 11.0 Å². The lowest BCUT2D eigenvalue weighted by atomic mass is 10.1. The summed E-state index contributed by atoms with van der Waals surface area (Å²) in [7, 11) is 0.0412. The standard InChI is InChI=1S/C29H39N5S/c1-4-31-16-22-6-7-23(17-31)33(22)20-10-12-26-28(14-20)35(3)29-15-21(11-13-27(29)30-26)34-24-8-9-25(34)19-32(5-2)18-24/h10-15,22-25H,4-9,16-19H2,1-3H3/t22-,23+,24-,25?,35?/m1/s1. The molecule has 0 amide bonds. The molecule has 0 spiro atoms. The molecule has 0 saturated carbocycles. The molecule has 5 aliphatic heterocycles. The first-order chi connectivity index (χ1) is 17.1. The largest absolute Gasteiger partial charge is 0.363 e. The van der Waals surface area contributed by atoms with E-state index in [0.717, 1.165) is 0 Å². The summed E-state index contributed by atoms with van der Waals surface area (Å²) >= 11 is 0. The molecule has 0 aliphatic carbocycles. The summed E-state index contributed by atoms with van der Waals surface area (Å²) in [6, 6.07) is 16.9. The van der Waals surface area contributed by atoms with Gasteiger partial charge in [0.2, 0.25) is 0 Å². The van der Waals surface area contributed by atoms with Gasteiger partial charge in [-0.25, -0.2) is 4.99 Å². The number of benzene rings is 2. The van der Waals surface area contributed by atoms with E-state index < -0.39 is 0 Å². The van der Waals surface area contributed by atoms with Crippen LogP contribution < -0.4 is 15.2 Å². The molecule has 4 fully saturated rings. The molecule has 35 heavy (non-hydrogen) atoms. The van der Waals surface area contributed by atoms with Gasteiger partial charge in [-0.15, -0.1) is 10.5 Å². The van der Waals surface area contributed by atoms with E-state index in [1.165, 1.54) is 96.8 Å². The Morgan fingerprint density at radius 2 is 1.26 bits per heavy atom. The van der Waals surface area contributed by atoms with Crippen molar-refractivity contribution >= 4 is 27.5 Å². The van der Waals surface area contributed by atoms with Crippen molar-refractivity contribution in [2.24, 2.45) is 4.99 Å². The molecule has 5 aliphatic rings. The lowest BCUT2D eigenvalue weighted by Crippen LogP contribution is -2.53. The lowest BCUT2D eigenvalue weighted by molar-refractivity contribution is 0.230. The van der Waals surface area contributed by atoms with Crippen LogP contribution in [0.4, 0.5) is 17.1 Å². The van der Waals surface area contributed by atoms with E-state index in [1.807, 2.05) is 0 Å². The van der Waals surface area contributed by atoms with Crippen LogP contribution in [0.5, 0.6) is 0 Å². The minimum absolute atomic E-state index is 0.0412. The van der Waals surface area contributed by atoms with E-state index in [2.05, 4.69) is 76.1 Å². The second-order valence-corrected chi connectivity index (χ2v) is 13.1. The Hall–Kier alpha value is -1.89. The summed E-state index contributed by atoms with van der Waals surface area (Å²) in [4.78, 5) is 17.4. The van der Waals surface area contributed by atoms with Gasteiger partial charge in [0.15, 0.2) is 0 Å². The zero-order chi connectivity index (χ0) is 23.7. The molecule has 7 rings (SSSR count). The number of likely N-dealkylation sites (N-methyl/N-ethyl adjacent to an activating group) is 2. The molecule has 5 nitrogen and oxygen atoms in total. The zero-order valence-electron chi connectivity index (χ0n) is 21.5. The van der Waals surface area contributed by atoms with Crippen molar-refractivity contribution < 1.29 is 0 Å². The van der Waals surface area contributed by atoms with E-state index >= 15 is 0 Å². The molecule has 4 saturated heterocycles. The first-order valence-corrected chi connectivity index (χ1v) is 15.4. The molecule has 6 heteroatoms. The Bertz CT molecular complexity index is 1250. The first kappa shape index (κ1) is 22.3. The highest BCUT2D eigenvalue weighted by molar-refractivity contribution is 8.09. The minimum atomic E-state index is 0.0412. The SMILES string of the molecule is CCN1CC2CC[C@H](C1)N2c1ccc2c(c1)S(C)=c1cc(N3[C@@H]4CC[C@H]3CN(CC)C4)ccc1=N2. The maximum Gasteiger partial charge on any atom is 0.0770 e. The van der Waals surface area contributed by atoms with E-state index in [-0.39, 0.29) is 10.5 Å². The average molecular weight is 490 g/mol. The predicted molar refractivity (Wildman–Crippen MR) is 147 cm³/mol. The van der Waals surface area contributed by atoms with Crippen molar-refractivity contribution in [3.63, 3.8) is 0 Å². The Kier molecular flexibility index (Phi) is 5.48. The third kappa shape index (κ3) is 3.59. The number of piperazine rings is 2. The van der Waals surface area contributed by atoms with Gasteiger partial charge in [-0.1, -0.05) is 13.8 Å². The fourth-order valence-electron chi connectivity index (χ4n) is 7.59. The fourth-order valence-corrected chi connectivity index (χ4v) is 9.28. The third-order valence-corrected chi connectivity index (χ3v) is 11.4. The van der Waals surface area contributed by atoms with Crippen molar-refractivity contribution in [3.05, 3.63) is 46.3 Å². The molecule has 0 N–H and O–H groups in total. The van der Waals surface area contributed by atoms with Gasteiger partial charge in [-0.05, 0) is 81.4 Å². The van der Waals surface area contributed by atoms with Crippen LogP contribution in [-0.2, 0) is 0 Å². The van der Waals surface area contributed by atoms with Crippen molar-refractivity contribution in [1.82, 2.24) is 9.80 Å². The van der Waals surface area contributed by atoms with E-state index in [4.69, 9.17) is 4.99 Å². The van der Waals surface area contributed by atoms with E-state index in [9.17, 15) is 0 Å². The summed E-state index contributed by atoms with van der Waals surface area (Å²) in [5.74, 6) is 0. The second kappa shape index (κ2) is 8.60. The number of nitrogens with zero attached hydrogens (tertiary/aromatic N) is 5. The molecule has 5 atom stereocenters. The average Bonchev–Trinajstić information content (AvgIpc) is 3.31. The van der Waals surface area contributed by atoms with Gasteiger partial charge in [0.25, 0.3) is 0 Å². The van der Waals surface area contributed by atoms with Gasteiger partial charge in [-0.2, -0.15) is 0 Å². The van der Waals surface area contributed by atoms with Gasteiger partial charge in [0.1, 0.15) is 0 Å². The highest BCUT2D eigenvalue weighted by Crippen LogP contribution is 2.43. The minimum Gasteiger partial charge on any atom is -0.363 e. The number of fused-ring (bicyclic) bond motifs is 6. The molecule has 0 aromatic heterocycles. The van der Waals surface area contributed by atoms with Crippen molar-refractivity contribution in [2.45, 2.75) is 68.6 Å². The van der Waals surface area contributed by atoms with Crippen LogP contribution in [0.3, 0.4) is 0 Å². The Labute approximate surface area is 212 Å². The summed E-state index contributed by atoms with van der Waals surface area (Å²) < 4.78 is 1.43. The summed E-state index contributed by atoms with van der Waals surface area (Å²) in [5.41, 5.74) is 4.03. The third-order valence-electron chi connectivity index (χ3n) is 9.39. The smallest absolute Gasteiger partial charge is 0.0770 e. The summed E-state index contributed by atoms with van der Waals surface area (Å²) in [5, 5.41) is 1.18. The zero-order valence-corrected chi connectivity index (χ0v) is 22.3. The van der Waals surface area contributed by atoms with Crippen LogP contribution >= 0.6 is 10.5 Å². The van der Waals surface area contributed by atoms with Gasteiger partial charge >= 0.3 is 0 Å². The van der Waals surface area contributed by atoms with E-state index in [0.29, 0.717) is 24.2 Å². The summed E-state index contributed by atoms with van der Waals surface area (Å²) in [6.45, 7) is 11.8. The molecule has 2 unspecified atom stereocenters. The van der Waals surface area contributed by atoms with Crippen LogP contribution in [-0.4, -0.2) is 79.5 Å². The quantitative estimate of drug-likeness (QED) is 0.591. The molecule has 2 aromatic rings. The first-order valence-electron chi connectivity index (χ1n) is 13.8. The van der Waals surface area contributed by atoms with Crippen LogP contribution in [0.15, 0.2) is 46.3 Å². The second-order valence-electron chi connectivity index (χ2n) is 11.2. The number of rotatable bonds is 4. The van der Waals surface area contributed by atoms with Crippen LogP contribution in [0.1, 0.15) is 39.5 Å². The molecule has 186 valence electrons. The van der Waals surface area contributed by atoms with Gasteiger partial charge < -0.3 is 9.80 Å². The van der Waals surface area contributed by atoms with Crippen LogP contribution in [0, 0.1) is 4.51 Å². The predicted octanol–water partition coefficient (Wildman–Crippen LogP) is 4.51. The number of hydrogen-bond acceptors (Lipinski definition) is 5. The van der Waals surface area contributed by atoms with Crippen molar-refractivity contribution in [3.8, 4) is 0 Å².